The Hall–Kier alpha value is -1.19. The van der Waals surface area contributed by atoms with Crippen LogP contribution in [0.25, 0.3) is 0 Å². The molecular weight excluding hydrogens is 284 g/mol. The topological polar surface area (TPSA) is 49.8 Å². The number of hydrogen-bond donors (Lipinski definition) is 1. The van der Waals surface area contributed by atoms with E-state index < -0.39 is 48.5 Å². The third-order valence-electron chi connectivity index (χ3n) is 2.43. The maximum absolute atomic E-state index is 13.9. The molecule has 1 amide bonds. The van der Waals surface area contributed by atoms with Crippen molar-refractivity contribution in [1.29, 1.82) is 0 Å². The summed E-state index contributed by atoms with van der Waals surface area (Å²) in [5, 5.41) is 8.55. The first-order valence-electron chi connectivity index (χ1n) is 5.08. The van der Waals surface area contributed by atoms with Gasteiger partial charge in [-0.15, -0.1) is 0 Å². The van der Waals surface area contributed by atoms with Gasteiger partial charge in [0, 0.05) is 13.5 Å². The van der Waals surface area contributed by atoms with Gasteiger partial charge in [-0.25, -0.2) is 18.0 Å². The monoisotopic (exact) mass is 297 g/mol. The molecule has 1 unspecified atom stereocenters. The lowest BCUT2D eigenvalue weighted by Crippen LogP contribution is -2.67. The quantitative estimate of drug-likeness (QED) is 0.606. The van der Waals surface area contributed by atoms with Gasteiger partial charge in [-0.3, -0.25) is 4.90 Å². The Balaban J connectivity index is 5.75. The normalized spacial score (nSPS) is 16.0. The van der Waals surface area contributed by atoms with Crippen LogP contribution in [0.1, 0.15) is 13.3 Å². The number of hydrogen-bond acceptors (Lipinski definition) is 2. The first kappa shape index (κ1) is 17.8. The summed E-state index contributed by atoms with van der Waals surface area (Å²) >= 11 is 0. The van der Waals surface area contributed by atoms with Crippen molar-refractivity contribution in [1.82, 2.24) is 4.90 Å². The molecule has 10 heteroatoms. The second-order valence-electron chi connectivity index (χ2n) is 3.60. The van der Waals surface area contributed by atoms with Crippen LogP contribution in [-0.2, 0) is 4.74 Å². The lowest BCUT2D eigenvalue weighted by atomic mass is 10.0. The van der Waals surface area contributed by atoms with Crippen LogP contribution in [0.4, 0.5) is 31.1 Å². The summed E-state index contributed by atoms with van der Waals surface area (Å²) in [6.07, 6.45) is -10.1. The number of halogens is 6. The summed E-state index contributed by atoms with van der Waals surface area (Å²) in [4.78, 5) is 9.67. The molecule has 0 spiro atoms. The van der Waals surface area contributed by atoms with E-state index in [0.717, 1.165) is 7.11 Å². The molecule has 0 rings (SSSR count). The second kappa shape index (κ2) is 5.85. The molecule has 0 saturated carbocycles. The molecule has 0 aliphatic carbocycles. The first-order chi connectivity index (χ1) is 8.45. The Labute approximate surface area is 104 Å². The van der Waals surface area contributed by atoms with Gasteiger partial charge in [0.25, 0.3) is 0 Å². The molecule has 0 aromatic carbocycles. The van der Waals surface area contributed by atoms with Crippen LogP contribution in [0.3, 0.4) is 0 Å². The number of carbonyl (C=O) groups is 1. The number of rotatable bonds is 6. The van der Waals surface area contributed by atoms with Crippen LogP contribution in [0.5, 0.6) is 0 Å². The lowest BCUT2D eigenvalue weighted by molar-refractivity contribution is -0.347. The average Bonchev–Trinajstić information content (AvgIpc) is 2.26. The maximum Gasteiger partial charge on any atom is 0.448 e. The fourth-order valence-electron chi connectivity index (χ4n) is 1.36. The minimum absolute atomic E-state index is 0.621. The molecule has 19 heavy (non-hydrogen) atoms. The number of nitrogens with zero attached hydrogens (tertiary/aromatic N) is 1. The summed E-state index contributed by atoms with van der Waals surface area (Å²) in [5.74, 6) is -10.2. The number of carboxylic acid groups (broad SMARTS) is 1. The van der Waals surface area contributed by atoms with Crippen LogP contribution in [0.15, 0.2) is 0 Å². The van der Waals surface area contributed by atoms with Crippen molar-refractivity contribution >= 4 is 6.09 Å². The smallest absolute Gasteiger partial charge is 0.448 e. The van der Waals surface area contributed by atoms with Gasteiger partial charge in [0.1, 0.15) is 0 Å². The predicted molar refractivity (Wildman–Crippen MR) is 51.7 cm³/mol. The first-order valence-corrected chi connectivity index (χ1v) is 5.08. The molecule has 0 saturated heterocycles. The third kappa shape index (κ3) is 3.23. The molecule has 1 atom stereocenters. The van der Waals surface area contributed by atoms with Crippen LogP contribution in [0, 0.1) is 0 Å². The fraction of sp³-hybridized carbons (Fsp3) is 0.889. The molecule has 1 N–H and O–H groups in total. The molecule has 0 aliphatic rings. The van der Waals surface area contributed by atoms with E-state index in [1.807, 2.05) is 0 Å². The highest BCUT2D eigenvalue weighted by Crippen LogP contribution is 2.49. The van der Waals surface area contributed by atoms with Crippen molar-refractivity contribution in [2.45, 2.75) is 31.2 Å². The largest absolute Gasteiger partial charge is 0.465 e. The van der Waals surface area contributed by atoms with Gasteiger partial charge < -0.3 is 9.84 Å². The van der Waals surface area contributed by atoms with E-state index in [1.54, 1.807) is 0 Å². The number of methoxy groups -OCH3 is 1. The Kier molecular flexibility index (Phi) is 5.48. The van der Waals surface area contributed by atoms with Crippen LogP contribution in [-0.4, -0.2) is 54.3 Å². The van der Waals surface area contributed by atoms with Crippen molar-refractivity contribution in [2.75, 3.05) is 20.3 Å². The zero-order valence-corrected chi connectivity index (χ0v) is 10.1. The van der Waals surface area contributed by atoms with E-state index in [9.17, 15) is 31.1 Å². The number of amides is 1. The van der Waals surface area contributed by atoms with Gasteiger partial charge in [0.15, 0.2) is 0 Å². The summed E-state index contributed by atoms with van der Waals surface area (Å²) in [7, 11) is 1.01. The van der Waals surface area contributed by atoms with Gasteiger partial charge in [-0.05, 0) is 0 Å². The van der Waals surface area contributed by atoms with E-state index in [-0.39, 0.29) is 0 Å². The fourth-order valence-corrected chi connectivity index (χ4v) is 1.36. The minimum Gasteiger partial charge on any atom is -0.465 e. The summed E-state index contributed by atoms with van der Waals surface area (Å²) in [6, 6.07) is 0. The molecule has 0 aromatic rings. The second-order valence-corrected chi connectivity index (χ2v) is 3.60. The summed E-state index contributed by atoms with van der Waals surface area (Å²) in [6.45, 7) is -1.22. The molecule has 114 valence electrons. The van der Waals surface area contributed by atoms with E-state index in [1.165, 1.54) is 0 Å². The highest BCUT2D eigenvalue weighted by molar-refractivity contribution is 5.66. The Morgan fingerprint density at radius 3 is 1.95 bits per heavy atom. The molecule has 0 fully saturated rings. The minimum atomic E-state index is -6.08. The Morgan fingerprint density at radius 2 is 1.68 bits per heavy atom. The van der Waals surface area contributed by atoms with Gasteiger partial charge >= 0.3 is 24.0 Å². The predicted octanol–water partition coefficient (Wildman–Crippen LogP) is 2.89. The van der Waals surface area contributed by atoms with Gasteiger partial charge in [0.2, 0.25) is 0 Å². The lowest BCUT2D eigenvalue weighted by Gasteiger charge is -2.41. The Morgan fingerprint density at radius 1 is 1.21 bits per heavy atom. The van der Waals surface area contributed by atoms with Crippen molar-refractivity contribution in [3.8, 4) is 0 Å². The van der Waals surface area contributed by atoms with E-state index >= 15 is 0 Å². The van der Waals surface area contributed by atoms with Crippen molar-refractivity contribution in [3.05, 3.63) is 0 Å². The standard InChI is InChI=1S/C9H13F6NO3/c1-3-7(10,11)8(12,9(13,14)15)16(6(17)18)4-5-19-2/h3-5H2,1-2H3,(H,17,18). The van der Waals surface area contributed by atoms with Crippen LogP contribution < -0.4 is 0 Å². The third-order valence-corrected chi connectivity index (χ3v) is 2.43. The molecule has 0 aliphatic heterocycles. The highest BCUT2D eigenvalue weighted by Gasteiger charge is 2.74. The van der Waals surface area contributed by atoms with Crippen molar-refractivity contribution in [2.24, 2.45) is 0 Å². The zero-order chi connectivity index (χ0) is 15.5. The van der Waals surface area contributed by atoms with E-state index in [4.69, 9.17) is 5.11 Å². The number of alkyl halides is 6. The molecule has 0 heterocycles. The average molecular weight is 297 g/mol. The van der Waals surface area contributed by atoms with Gasteiger partial charge in [-0.1, -0.05) is 6.92 Å². The molecule has 4 nitrogen and oxygen atoms in total. The molecule has 0 aromatic heterocycles. The van der Waals surface area contributed by atoms with Crippen LogP contribution in [0.2, 0.25) is 0 Å². The van der Waals surface area contributed by atoms with Crippen molar-refractivity contribution in [3.63, 3.8) is 0 Å². The number of ether oxygens (including phenoxy) is 1. The summed E-state index contributed by atoms with van der Waals surface area (Å²) < 4.78 is 82.7. The van der Waals surface area contributed by atoms with Gasteiger partial charge in [-0.2, -0.15) is 13.2 Å². The maximum atomic E-state index is 13.9. The zero-order valence-electron chi connectivity index (χ0n) is 10.1. The van der Waals surface area contributed by atoms with Crippen LogP contribution >= 0.6 is 0 Å². The highest BCUT2D eigenvalue weighted by atomic mass is 19.4. The summed E-state index contributed by atoms with van der Waals surface area (Å²) in [5.41, 5.74) is 0. The van der Waals surface area contributed by atoms with Crippen molar-refractivity contribution < 1.29 is 41.0 Å². The Bertz CT molecular complexity index is 322. The van der Waals surface area contributed by atoms with Gasteiger partial charge in [0.05, 0.1) is 13.2 Å². The van der Waals surface area contributed by atoms with E-state index in [0.29, 0.717) is 6.92 Å². The molecule has 0 bridgehead atoms. The van der Waals surface area contributed by atoms with E-state index in [2.05, 4.69) is 4.74 Å². The SMILES string of the molecule is CCC(F)(F)C(F)(N(CCOC)C(=O)O)C(F)(F)F. The molecule has 0 radical (unpaired) electrons. The molecular formula is C9H13F6NO3.